The Hall–Kier alpha value is -2.99. The first kappa shape index (κ1) is 16.0. The van der Waals surface area contributed by atoms with Gasteiger partial charge in [-0.3, -0.25) is 14.3 Å². The number of hydrogen-bond donors (Lipinski definition) is 0. The first-order valence-corrected chi connectivity index (χ1v) is 9.74. The predicted molar refractivity (Wildman–Crippen MR) is 103 cm³/mol. The van der Waals surface area contributed by atoms with Crippen molar-refractivity contribution in [3.05, 3.63) is 60.3 Å². The van der Waals surface area contributed by atoms with E-state index in [4.69, 9.17) is 4.74 Å². The molecule has 6 heteroatoms. The second kappa shape index (κ2) is 5.75. The van der Waals surface area contributed by atoms with Crippen molar-refractivity contribution in [3.8, 4) is 0 Å². The highest BCUT2D eigenvalue weighted by Crippen LogP contribution is 2.49. The van der Waals surface area contributed by atoms with Crippen LogP contribution in [0.15, 0.2) is 54.7 Å². The topological polar surface area (TPSA) is 64.4 Å². The highest BCUT2D eigenvalue weighted by Gasteiger charge is 2.63. The number of fused-ring (bicyclic) bond motifs is 6. The molecule has 0 spiro atoms. The lowest BCUT2D eigenvalue weighted by atomic mass is 9.81. The van der Waals surface area contributed by atoms with Gasteiger partial charge in [-0.25, -0.2) is 4.90 Å². The molecule has 3 aliphatic heterocycles. The molecule has 4 atom stereocenters. The molecule has 3 aromatic rings. The summed E-state index contributed by atoms with van der Waals surface area (Å²) in [5, 5.41) is 6.91. The number of ether oxygens (including phenoxy) is 1. The molecule has 2 bridgehead atoms. The minimum atomic E-state index is -0.325. The lowest BCUT2D eigenvalue weighted by Crippen LogP contribution is -2.34. The molecular formula is C22H19N3O3. The number of nitrogens with zero attached hydrogens (tertiary/aromatic N) is 3. The number of rotatable bonds is 3. The Morgan fingerprint density at radius 2 is 1.64 bits per heavy atom. The zero-order valence-corrected chi connectivity index (χ0v) is 15.2. The summed E-state index contributed by atoms with van der Waals surface area (Å²) in [5.74, 6) is -0.539. The summed E-state index contributed by atoms with van der Waals surface area (Å²) in [6.45, 7) is 0.582. The van der Waals surface area contributed by atoms with E-state index in [-0.39, 0.29) is 35.9 Å². The fourth-order valence-electron chi connectivity index (χ4n) is 5.10. The molecule has 1 aromatic heterocycles. The van der Waals surface area contributed by atoms with Crippen molar-refractivity contribution in [2.45, 2.75) is 31.6 Å². The molecule has 2 aromatic carbocycles. The number of anilines is 1. The Labute approximate surface area is 161 Å². The van der Waals surface area contributed by atoms with Crippen molar-refractivity contribution in [1.82, 2.24) is 9.78 Å². The molecule has 0 radical (unpaired) electrons. The summed E-state index contributed by atoms with van der Waals surface area (Å²) in [5.41, 5.74) is 1.15. The lowest BCUT2D eigenvalue weighted by molar-refractivity contribution is -0.124. The molecule has 2 amide bonds. The van der Waals surface area contributed by atoms with E-state index in [1.807, 2.05) is 24.4 Å². The van der Waals surface area contributed by atoms with Gasteiger partial charge in [0.2, 0.25) is 11.8 Å². The largest absolute Gasteiger partial charge is 0.373 e. The van der Waals surface area contributed by atoms with Gasteiger partial charge in [0.25, 0.3) is 0 Å². The van der Waals surface area contributed by atoms with Crippen LogP contribution in [0.3, 0.4) is 0 Å². The number of benzene rings is 2. The van der Waals surface area contributed by atoms with Crippen LogP contribution >= 0.6 is 0 Å². The van der Waals surface area contributed by atoms with Crippen LogP contribution in [-0.2, 0) is 20.9 Å². The fraction of sp³-hybridized carbons (Fsp3) is 0.318. The molecule has 3 saturated heterocycles. The second-order valence-corrected chi connectivity index (χ2v) is 7.86. The maximum absolute atomic E-state index is 12.9. The predicted octanol–water partition coefficient (Wildman–Crippen LogP) is 2.75. The van der Waals surface area contributed by atoms with Gasteiger partial charge in [0.15, 0.2) is 5.82 Å². The minimum Gasteiger partial charge on any atom is -0.373 e. The third kappa shape index (κ3) is 2.15. The summed E-state index contributed by atoms with van der Waals surface area (Å²) >= 11 is 0. The van der Waals surface area contributed by atoms with E-state index in [0.717, 1.165) is 18.4 Å². The molecule has 4 heterocycles. The highest BCUT2D eigenvalue weighted by molar-refractivity contribution is 6.22. The molecule has 3 aliphatic rings. The number of imide groups is 1. The number of amides is 2. The van der Waals surface area contributed by atoms with Crippen LogP contribution in [0.25, 0.3) is 10.8 Å². The van der Waals surface area contributed by atoms with Crippen LogP contribution in [0.4, 0.5) is 5.82 Å². The van der Waals surface area contributed by atoms with E-state index < -0.39 is 0 Å². The van der Waals surface area contributed by atoms with Crippen molar-refractivity contribution in [1.29, 1.82) is 0 Å². The molecule has 28 heavy (non-hydrogen) atoms. The summed E-state index contributed by atoms with van der Waals surface area (Å²) in [6, 6.07) is 16.2. The first-order chi connectivity index (χ1) is 13.7. The molecule has 0 unspecified atom stereocenters. The summed E-state index contributed by atoms with van der Waals surface area (Å²) < 4.78 is 7.58. The molecule has 0 N–H and O–H groups in total. The average Bonchev–Trinajstić information content (AvgIpc) is 3.47. The fourth-order valence-corrected chi connectivity index (χ4v) is 5.10. The van der Waals surface area contributed by atoms with Gasteiger partial charge < -0.3 is 4.74 Å². The number of hydrogen-bond acceptors (Lipinski definition) is 4. The minimum absolute atomic E-state index is 0.103. The van der Waals surface area contributed by atoms with Gasteiger partial charge in [-0.05, 0) is 29.2 Å². The maximum Gasteiger partial charge on any atom is 0.241 e. The van der Waals surface area contributed by atoms with E-state index in [2.05, 4.69) is 29.4 Å². The summed E-state index contributed by atoms with van der Waals surface area (Å²) in [7, 11) is 0. The molecule has 3 fully saturated rings. The van der Waals surface area contributed by atoms with Crippen LogP contribution in [0.1, 0.15) is 18.4 Å². The van der Waals surface area contributed by atoms with E-state index in [1.54, 1.807) is 10.7 Å². The summed E-state index contributed by atoms with van der Waals surface area (Å²) in [6.07, 6.45) is 3.36. The van der Waals surface area contributed by atoms with Gasteiger partial charge in [0.05, 0.1) is 30.6 Å². The Morgan fingerprint density at radius 3 is 2.43 bits per heavy atom. The van der Waals surface area contributed by atoms with Crippen molar-refractivity contribution in [2.24, 2.45) is 11.8 Å². The Morgan fingerprint density at radius 1 is 0.929 bits per heavy atom. The van der Waals surface area contributed by atoms with Gasteiger partial charge in [0.1, 0.15) is 0 Å². The Bertz CT molecular complexity index is 1090. The maximum atomic E-state index is 12.9. The normalized spacial score (nSPS) is 28.5. The third-order valence-corrected chi connectivity index (χ3v) is 6.35. The molecule has 6 nitrogen and oxygen atoms in total. The smallest absolute Gasteiger partial charge is 0.241 e. The van der Waals surface area contributed by atoms with Crippen LogP contribution in [-0.4, -0.2) is 33.8 Å². The Kier molecular flexibility index (Phi) is 3.29. The van der Waals surface area contributed by atoms with E-state index >= 15 is 0 Å². The van der Waals surface area contributed by atoms with Crippen LogP contribution in [0, 0.1) is 11.8 Å². The molecule has 6 rings (SSSR count). The lowest BCUT2D eigenvalue weighted by Gasteiger charge is -2.15. The number of carbonyl (C=O) groups excluding carboxylic acids is 2. The second-order valence-electron chi connectivity index (χ2n) is 7.86. The van der Waals surface area contributed by atoms with Gasteiger partial charge in [0, 0.05) is 12.3 Å². The zero-order valence-electron chi connectivity index (χ0n) is 15.2. The van der Waals surface area contributed by atoms with Gasteiger partial charge in [-0.2, -0.15) is 5.10 Å². The molecule has 140 valence electrons. The van der Waals surface area contributed by atoms with Crippen molar-refractivity contribution in [2.75, 3.05) is 4.90 Å². The zero-order chi connectivity index (χ0) is 18.8. The third-order valence-electron chi connectivity index (χ3n) is 6.35. The number of aromatic nitrogens is 2. The molecular weight excluding hydrogens is 354 g/mol. The van der Waals surface area contributed by atoms with E-state index in [9.17, 15) is 9.59 Å². The average molecular weight is 373 g/mol. The van der Waals surface area contributed by atoms with Crippen molar-refractivity contribution >= 4 is 28.4 Å². The number of carbonyl (C=O) groups is 2. The standard InChI is InChI=1S/C22H19N3O3/c26-21-19-16-8-9-17(28-16)20(19)22(27)25(21)18-10-11-24(23-18)12-14-6-3-5-13-4-1-2-7-15(13)14/h1-7,10-11,16-17,19-20H,8-9,12H2/t16-,17-,19-,20-/m1/s1. The summed E-state index contributed by atoms with van der Waals surface area (Å²) in [4.78, 5) is 27.1. The van der Waals surface area contributed by atoms with Crippen molar-refractivity contribution in [3.63, 3.8) is 0 Å². The van der Waals surface area contributed by atoms with Gasteiger partial charge in [-0.1, -0.05) is 42.5 Å². The van der Waals surface area contributed by atoms with Crippen molar-refractivity contribution < 1.29 is 14.3 Å². The van der Waals surface area contributed by atoms with E-state index in [0.29, 0.717) is 12.4 Å². The SMILES string of the molecule is O=C1[C@H]2[C@H](C(=O)N1c1ccn(Cc3cccc4ccccc34)n1)[C@H]1CC[C@H]2O1. The van der Waals surface area contributed by atoms with E-state index in [1.165, 1.54) is 15.7 Å². The molecule has 0 aliphatic carbocycles. The molecule has 0 saturated carbocycles. The van der Waals surface area contributed by atoms with Crippen LogP contribution < -0.4 is 4.90 Å². The van der Waals surface area contributed by atoms with Crippen LogP contribution in [0.5, 0.6) is 0 Å². The van der Waals surface area contributed by atoms with Gasteiger partial charge >= 0.3 is 0 Å². The monoisotopic (exact) mass is 373 g/mol. The highest BCUT2D eigenvalue weighted by atomic mass is 16.5. The Balaban J connectivity index is 1.30. The first-order valence-electron chi connectivity index (χ1n) is 9.74. The van der Waals surface area contributed by atoms with Crippen LogP contribution in [0.2, 0.25) is 0 Å². The quantitative estimate of drug-likeness (QED) is 0.662. The van der Waals surface area contributed by atoms with Gasteiger partial charge in [-0.15, -0.1) is 0 Å².